The number of hydrogen-bond donors (Lipinski definition) is 3. The van der Waals surface area contributed by atoms with Crippen LogP contribution in [0.25, 0.3) is 0 Å². The van der Waals surface area contributed by atoms with Gasteiger partial charge in [-0.2, -0.15) is 0 Å². The molecule has 2 unspecified atom stereocenters. The summed E-state index contributed by atoms with van der Waals surface area (Å²) in [4.78, 5) is 49.2. The normalized spacial score (nSPS) is 19.2. The van der Waals surface area contributed by atoms with Crippen LogP contribution < -0.4 is 16.5 Å². The summed E-state index contributed by atoms with van der Waals surface area (Å²) in [5, 5.41) is 7.39. The van der Waals surface area contributed by atoms with E-state index in [0.717, 1.165) is 25.7 Å². The molecule has 4 N–H and O–H groups in total. The highest BCUT2D eigenvalue weighted by atomic mass is 35.5. The average Bonchev–Trinajstić information content (AvgIpc) is 2.89. The lowest BCUT2D eigenvalue weighted by Crippen LogP contribution is -2.45. The summed E-state index contributed by atoms with van der Waals surface area (Å²) < 4.78 is 5.36. The van der Waals surface area contributed by atoms with Crippen LogP contribution in [0.5, 0.6) is 0 Å². The molecule has 0 fully saturated rings. The lowest BCUT2D eigenvalue weighted by atomic mass is 9.72. The van der Waals surface area contributed by atoms with Crippen LogP contribution in [0.2, 0.25) is 0 Å². The van der Waals surface area contributed by atoms with Crippen molar-refractivity contribution in [3.05, 3.63) is 35.5 Å². The van der Waals surface area contributed by atoms with Gasteiger partial charge in [-0.15, -0.1) is 0 Å². The third kappa shape index (κ3) is 16.7. The summed E-state index contributed by atoms with van der Waals surface area (Å²) in [5.41, 5.74) is -0.363. The first-order valence-corrected chi connectivity index (χ1v) is 15.7. The molecule has 0 aromatic heterocycles. The van der Waals surface area contributed by atoms with E-state index >= 15 is 0 Å². The predicted molar refractivity (Wildman–Crippen MR) is 173 cm³/mol. The van der Waals surface area contributed by atoms with Crippen LogP contribution in [-0.4, -0.2) is 53.8 Å². The number of amides is 2. The number of alkyl carbamates (subject to hydrolysis) is 1. The van der Waals surface area contributed by atoms with Gasteiger partial charge in [-0.05, 0) is 88.2 Å². The SMILES string of the molecule is C=C(CCC1C/C=C\C(=O)CCCCC1=O)/C(Cl)=C\N(N)CC(=O)NCC(C)(C)CC(C)(CC)CNC(=O)OC(C)(C)C. The zero-order chi connectivity index (χ0) is 32.8. The smallest absolute Gasteiger partial charge is 0.407 e. The minimum atomic E-state index is -0.561. The Balaban J connectivity index is 2.58. The molecule has 0 saturated heterocycles. The van der Waals surface area contributed by atoms with Gasteiger partial charge in [0.25, 0.3) is 0 Å². The fourth-order valence-electron chi connectivity index (χ4n) is 5.10. The quantitative estimate of drug-likeness (QED) is 0.117. The number of hydrogen-bond acceptors (Lipinski definition) is 7. The second-order valence-electron chi connectivity index (χ2n) is 13.9. The van der Waals surface area contributed by atoms with Gasteiger partial charge in [0.05, 0.1) is 5.03 Å². The van der Waals surface area contributed by atoms with Gasteiger partial charge in [0.2, 0.25) is 5.91 Å². The summed E-state index contributed by atoms with van der Waals surface area (Å²) in [7, 11) is 0. The Morgan fingerprint density at radius 3 is 2.40 bits per heavy atom. The van der Waals surface area contributed by atoms with Crippen molar-refractivity contribution in [1.82, 2.24) is 15.6 Å². The molecule has 1 aliphatic carbocycles. The van der Waals surface area contributed by atoms with Crippen LogP contribution >= 0.6 is 11.6 Å². The fraction of sp³-hybridized carbons (Fsp3) is 0.697. The average molecular weight is 623 g/mol. The number of carbonyl (C=O) groups excluding carboxylic acids is 4. The van der Waals surface area contributed by atoms with E-state index in [1.165, 1.54) is 11.2 Å². The Bertz CT molecular complexity index is 1050. The van der Waals surface area contributed by atoms with Crippen LogP contribution in [0.3, 0.4) is 0 Å². The van der Waals surface area contributed by atoms with Crippen molar-refractivity contribution in [2.75, 3.05) is 19.6 Å². The first-order valence-electron chi connectivity index (χ1n) is 15.4. The van der Waals surface area contributed by atoms with Gasteiger partial charge in [0.15, 0.2) is 5.78 Å². The van der Waals surface area contributed by atoms with Crippen LogP contribution in [-0.2, 0) is 19.1 Å². The van der Waals surface area contributed by atoms with E-state index in [9.17, 15) is 19.2 Å². The van der Waals surface area contributed by atoms with E-state index in [0.29, 0.717) is 55.8 Å². The zero-order valence-corrected chi connectivity index (χ0v) is 28.2. The number of rotatable bonds is 14. The minimum Gasteiger partial charge on any atom is -0.444 e. The van der Waals surface area contributed by atoms with Gasteiger partial charge in [-0.25, -0.2) is 10.6 Å². The van der Waals surface area contributed by atoms with E-state index in [2.05, 4.69) is 44.9 Å². The summed E-state index contributed by atoms with van der Waals surface area (Å²) in [6, 6.07) is 0. The second-order valence-corrected chi connectivity index (χ2v) is 14.3. The molecule has 0 aliphatic heterocycles. The molecule has 0 saturated carbocycles. The monoisotopic (exact) mass is 622 g/mol. The van der Waals surface area contributed by atoms with Crippen LogP contribution in [0.15, 0.2) is 35.5 Å². The Kier molecular flexibility index (Phi) is 15.7. The van der Waals surface area contributed by atoms with Crippen LogP contribution in [0, 0.1) is 16.7 Å². The number of nitrogens with zero attached hydrogens (tertiary/aromatic N) is 1. The summed E-state index contributed by atoms with van der Waals surface area (Å²) in [6.45, 7) is 18.7. The first-order chi connectivity index (χ1) is 19.8. The van der Waals surface area contributed by atoms with Gasteiger partial charge in [0, 0.05) is 38.0 Å². The number of carbonyl (C=O) groups is 4. The molecule has 0 aromatic carbocycles. The Hall–Kier alpha value is -2.65. The number of hydrazine groups is 1. The highest BCUT2D eigenvalue weighted by molar-refractivity contribution is 6.31. The number of ketones is 2. The van der Waals surface area contributed by atoms with Gasteiger partial charge >= 0.3 is 6.09 Å². The maximum atomic E-state index is 12.7. The van der Waals surface area contributed by atoms with Gasteiger partial charge < -0.3 is 20.4 Å². The molecule has 244 valence electrons. The Morgan fingerprint density at radius 1 is 1.12 bits per heavy atom. The third-order valence-electron chi connectivity index (χ3n) is 7.60. The lowest BCUT2D eigenvalue weighted by molar-refractivity contribution is -0.123. The Morgan fingerprint density at radius 2 is 1.77 bits per heavy atom. The zero-order valence-electron chi connectivity index (χ0n) is 27.4. The van der Waals surface area contributed by atoms with E-state index in [-0.39, 0.29) is 40.8 Å². The minimum absolute atomic E-state index is 0.0925. The molecule has 43 heavy (non-hydrogen) atoms. The molecular weight excluding hydrogens is 568 g/mol. The third-order valence-corrected chi connectivity index (χ3v) is 7.96. The molecule has 1 rings (SSSR count). The van der Waals surface area contributed by atoms with Crippen molar-refractivity contribution in [1.29, 1.82) is 0 Å². The van der Waals surface area contributed by atoms with Crippen molar-refractivity contribution in [2.24, 2.45) is 22.6 Å². The van der Waals surface area contributed by atoms with Gasteiger partial charge in [0.1, 0.15) is 17.9 Å². The Labute approximate surface area is 264 Å². The molecule has 0 aromatic rings. The molecule has 0 spiro atoms. The van der Waals surface area contributed by atoms with Crippen molar-refractivity contribution < 1.29 is 23.9 Å². The molecule has 10 heteroatoms. The highest BCUT2D eigenvalue weighted by Gasteiger charge is 2.32. The standard InChI is InChI=1S/C33H55ClN4O5/c1-9-33(8,23-37-30(42)43-31(3,4)5)21-32(6,7)22-36-29(41)20-38(35)19-27(34)24(2)17-18-25-13-12-15-26(39)14-10-11-16-28(25)40/h12,15,19,25H,2,9-11,13-14,16-18,20-23,35H2,1,3-8H3,(H,36,41)(H,37,42)/b15-12-,27-19+. The van der Waals surface area contributed by atoms with Crippen LogP contribution in [0.4, 0.5) is 4.79 Å². The summed E-state index contributed by atoms with van der Waals surface area (Å²) in [6.07, 6.45) is 10.0. The number of nitrogens with two attached hydrogens (primary N) is 1. The highest BCUT2D eigenvalue weighted by Crippen LogP contribution is 2.36. The number of allylic oxidation sites excluding steroid dienone is 4. The number of Topliss-reactive ketones (excluding diaryl/α,β-unsaturated/α-hetero) is 1. The predicted octanol–water partition coefficient (Wildman–Crippen LogP) is 6.33. The molecule has 9 nitrogen and oxygen atoms in total. The van der Waals surface area contributed by atoms with E-state index < -0.39 is 11.7 Å². The van der Waals surface area contributed by atoms with Crippen molar-refractivity contribution in [3.8, 4) is 0 Å². The molecule has 0 bridgehead atoms. The number of nitrogens with one attached hydrogen (secondary N) is 2. The molecular formula is C33H55ClN4O5. The summed E-state index contributed by atoms with van der Waals surface area (Å²) in [5.74, 6) is 5.92. The van der Waals surface area contributed by atoms with E-state index in [1.807, 2.05) is 20.8 Å². The second kappa shape index (κ2) is 17.6. The number of halogens is 1. The topological polar surface area (TPSA) is 131 Å². The van der Waals surface area contributed by atoms with E-state index in [4.69, 9.17) is 22.2 Å². The van der Waals surface area contributed by atoms with Crippen molar-refractivity contribution in [3.63, 3.8) is 0 Å². The maximum Gasteiger partial charge on any atom is 0.407 e. The van der Waals surface area contributed by atoms with Gasteiger partial charge in [-0.1, -0.05) is 52.0 Å². The van der Waals surface area contributed by atoms with Gasteiger partial charge in [-0.3, -0.25) is 14.4 Å². The largest absolute Gasteiger partial charge is 0.444 e. The molecule has 0 radical (unpaired) electrons. The van der Waals surface area contributed by atoms with Crippen LogP contribution in [0.1, 0.15) is 106 Å². The maximum absolute atomic E-state index is 12.7. The summed E-state index contributed by atoms with van der Waals surface area (Å²) >= 11 is 6.44. The number of ether oxygens (including phenoxy) is 1. The van der Waals surface area contributed by atoms with Crippen molar-refractivity contribution >= 4 is 35.2 Å². The first kappa shape index (κ1) is 38.4. The van der Waals surface area contributed by atoms with Crippen molar-refractivity contribution in [2.45, 2.75) is 112 Å². The molecule has 1 aliphatic rings. The lowest BCUT2D eigenvalue weighted by Gasteiger charge is -2.37. The van der Waals surface area contributed by atoms with E-state index in [1.54, 1.807) is 12.2 Å². The molecule has 2 amide bonds. The molecule has 2 atom stereocenters. The fourth-order valence-corrected chi connectivity index (χ4v) is 5.32. The molecule has 0 heterocycles.